The molecule has 3 heterocycles. The lowest BCUT2D eigenvalue weighted by Gasteiger charge is -2.48. The third-order valence-corrected chi connectivity index (χ3v) is 20.4. The van der Waals surface area contributed by atoms with Crippen LogP contribution in [0.2, 0.25) is 0 Å². The molecule has 1 amide bonds. The molecular weight excluding hydrogens is 1320 g/mol. The Morgan fingerprint density at radius 1 is 0.356 bits per heavy atom. The van der Waals surface area contributed by atoms with E-state index in [2.05, 4.69) is 92.1 Å². The number of unbranched alkanes of at least 4 members (excludes halogenated alkanes) is 38. The number of rotatable bonds is 66. The maximum atomic E-state index is 13.5. The number of allylic oxidation sites excluding steroid dienone is 13. The molecule has 3 rings (SSSR count). The molecule has 0 spiro atoms. The van der Waals surface area contributed by atoms with E-state index in [0.717, 1.165) is 70.6 Å². The van der Waals surface area contributed by atoms with Crippen molar-refractivity contribution in [2.45, 2.75) is 420 Å². The van der Waals surface area contributed by atoms with Gasteiger partial charge in [-0.15, -0.1) is 0 Å². The fraction of sp³-hybridized carbons (Fsp3) is 0.824. The van der Waals surface area contributed by atoms with Gasteiger partial charge in [0.15, 0.2) is 18.9 Å². The van der Waals surface area contributed by atoms with E-state index in [4.69, 9.17) is 28.4 Å². The second-order valence-electron chi connectivity index (χ2n) is 29.6. The van der Waals surface area contributed by atoms with Crippen LogP contribution in [0.5, 0.6) is 0 Å². The van der Waals surface area contributed by atoms with Crippen molar-refractivity contribution in [2.75, 3.05) is 26.4 Å². The quantitative estimate of drug-likeness (QED) is 0.0199. The monoisotopic (exact) mass is 1470 g/mol. The predicted octanol–water partition coefficient (Wildman–Crippen LogP) is 14.6. The third-order valence-electron chi connectivity index (χ3n) is 20.4. The van der Waals surface area contributed by atoms with E-state index in [0.29, 0.717) is 12.8 Å². The van der Waals surface area contributed by atoms with Crippen molar-refractivity contribution in [3.8, 4) is 0 Å². The van der Waals surface area contributed by atoms with E-state index in [1.165, 1.54) is 212 Å². The van der Waals surface area contributed by atoms with Crippen LogP contribution in [0.15, 0.2) is 85.1 Å². The Hall–Kier alpha value is -3.03. The van der Waals surface area contributed by atoms with Gasteiger partial charge in [0.25, 0.3) is 0 Å². The number of aliphatic hydroxyl groups excluding tert-OH is 11. The minimum atomic E-state index is -1.98. The van der Waals surface area contributed by atoms with E-state index in [-0.39, 0.29) is 18.9 Å². The largest absolute Gasteiger partial charge is 0.394 e. The van der Waals surface area contributed by atoms with Gasteiger partial charge in [0.2, 0.25) is 5.91 Å². The van der Waals surface area contributed by atoms with Crippen molar-refractivity contribution in [2.24, 2.45) is 0 Å². The lowest BCUT2D eigenvalue weighted by molar-refractivity contribution is -0.379. The normalized spacial score (nSPS) is 26.3. The highest BCUT2D eigenvalue weighted by Gasteiger charge is 2.54. The average Bonchev–Trinajstić information content (AvgIpc) is 0.783. The number of amides is 1. The maximum absolute atomic E-state index is 13.5. The second-order valence-corrected chi connectivity index (χ2v) is 29.6. The van der Waals surface area contributed by atoms with Crippen molar-refractivity contribution >= 4 is 5.91 Å². The molecular formula is C85H151NO18. The summed E-state index contributed by atoms with van der Waals surface area (Å²) >= 11 is 0. The molecule has 0 radical (unpaired) electrons. The minimum Gasteiger partial charge on any atom is -0.394 e. The van der Waals surface area contributed by atoms with Gasteiger partial charge in [-0.2, -0.15) is 0 Å². The number of nitrogens with one attached hydrogen (secondary N) is 1. The van der Waals surface area contributed by atoms with Crippen molar-refractivity contribution < 1.29 is 89.4 Å². The number of hydrogen-bond acceptors (Lipinski definition) is 18. The molecule has 3 saturated heterocycles. The van der Waals surface area contributed by atoms with Gasteiger partial charge in [-0.3, -0.25) is 4.79 Å². The van der Waals surface area contributed by atoms with Gasteiger partial charge in [-0.05, 0) is 77.0 Å². The summed E-state index contributed by atoms with van der Waals surface area (Å²) in [6, 6.07) is -0.994. The molecule has 19 nitrogen and oxygen atoms in total. The molecule has 0 aromatic rings. The fourth-order valence-electron chi connectivity index (χ4n) is 13.8. The highest BCUT2D eigenvalue weighted by Crippen LogP contribution is 2.33. The molecule has 0 aliphatic carbocycles. The third kappa shape index (κ3) is 44.0. The SMILES string of the molecule is CC/C=C\C/C=C\C/C=C\C/C=C\C/C=C\CCCCCCCCCCCCCCCCCCCCCC(=O)NC(COC1OC(CO)C(OC2OC(CO)C(OC3OC(CO)C(O)C(O)C3O)C(O)C2O)C(O)C1O)C(O)/C=C/CC/C=C/CCCCCCCCCCCCCCCCCCCC. The molecule has 0 aromatic carbocycles. The summed E-state index contributed by atoms with van der Waals surface area (Å²) in [7, 11) is 0. The number of aliphatic hydroxyl groups is 11. The summed E-state index contributed by atoms with van der Waals surface area (Å²) in [5.74, 6) is -0.282. The molecule has 12 N–H and O–H groups in total. The van der Waals surface area contributed by atoms with Crippen molar-refractivity contribution in [1.29, 1.82) is 0 Å². The van der Waals surface area contributed by atoms with Crippen LogP contribution >= 0.6 is 0 Å². The van der Waals surface area contributed by atoms with Crippen LogP contribution < -0.4 is 5.32 Å². The fourth-order valence-corrected chi connectivity index (χ4v) is 13.8. The highest BCUT2D eigenvalue weighted by molar-refractivity contribution is 5.76. The predicted molar refractivity (Wildman–Crippen MR) is 415 cm³/mol. The number of ether oxygens (including phenoxy) is 6. The first-order valence-corrected chi connectivity index (χ1v) is 41.8. The Kier molecular flexibility index (Phi) is 59.3. The van der Waals surface area contributed by atoms with Crippen LogP contribution in [0.3, 0.4) is 0 Å². The Bertz CT molecular complexity index is 2210. The van der Waals surface area contributed by atoms with E-state index < -0.39 is 124 Å². The van der Waals surface area contributed by atoms with Gasteiger partial charge in [0, 0.05) is 6.42 Å². The zero-order valence-corrected chi connectivity index (χ0v) is 64.7. The molecule has 3 aliphatic rings. The summed E-state index contributed by atoms with van der Waals surface area (Å²) in [5.41, 5.74) is 0. The first kappa shape index (κ1) is 95.2. The molecule has 3 fully saturated rings. The van der Waals surface area contributed by atoms with Crippen LogP contribution in [0, 0.1) is 0 Å². The summed E-state index contributed by atoms with van der Waals surface area (Å²) in [5, 5.41) is 121. The molecule has 19 heteroatoms. The highest BCUT2D eigenvalue weighted by atomic mass is 16.8. The zero-order valence-electron chi connectivity index (χ0n) is 64.7. The minimum absolute atomic E-state index is 0.235. The number of hydrogen-bond donors (Lipinski definition) is 12. The molecule has 17 atom stereocenters. The molecule has 17 unspecified atom stereocenters. The smallest absolute Gasteiger partial charge is 0.220 e. The molecule has 0 saturated carbocycles. The van der Waals surface area contributed by atoms with Gasteiger partial charge in [0.05, 0.1) is 38.6 Å². The lowest BCUT2D eigenvalue weighted by Crippen LogP contribution is -2.66. The molecule has 104 heavy (non-hydrogen) atoms. The molecule has 604 valence electrons. The van der Waals surface area contributed by atoms with Crippen LogP contribution in [0.4, 0.5) is 0 Å². The Balaban J connectivity index is 1.35. The molecule has 0 aromatic heterocycles. The van der Waals surface area contributed by atoms with Gasteiger partial charge in [0.1, 0.15) is 73.2 Å². The van der Waals surface area contributed by atoms with Gasteiger partial charge in [-0.1, -0.05) is 317 Å². The summed E-state index contributed by atoms with van der Waals surface area (Å²) in [6.45, 7) is 1.64. The van der Waals surface area contributed by atoms with Crippen LogP contribution in [0.25, 0.3) is 0 Å². The topological polar surface area (TPSA) is 307 Å². The standard InChI is InChI=1S/C85H151NO18/c1-3-5-7-9-11-13-15-17-19-21-23-25-27-29-30-31-32-33-34-35-36-37-38-39-41-43-45-47-49-51-53-55-57-59-61-63-73(91)86-68(69(90)62-60-58-56-54-52-50-48-46-44-42-40-28-26-24-22-20-18-16-14-12-10-8-6-4-2)67-99-83-79(97)76(94)81(71(65-88)101-83)104-85-80(98)77(95)82(72(66-89)102-85)103-84-78(96)75(93)74(92)70(64-87)100-84/h5,7,11,13,17,19,23,25,29-30,52,54,60,62,68-72,74-85,87-90,92-98H,3-4,6,8-10,12,14-16,18,20-22,24,26-28,31-51,53,55-59,61,63-67H2,1-2H3,(H,86,91)/b7-5-,13-11-,19-17-,25-23-,30-29-,54-52+,62-60+. The van der Waals surface area contributed by atoms with Gasteiger partial charge < -0.3 is 89.9 Å². The second kappa shape index (κ2) is 64.8. The van der Waals surface area contributed by atoms with Crippen molar-refractivity contribution in [3.63, 3.8) is 0 Å². The van der Waals surface area contributed by atoms with Crippen LogP contribution in [0.1, 0.15) is 316 Å². The number of carbonyl (C=O) groups excluding carboxylic acids is 1. The van der Waals surface area contributed by atoms with E-state index in [1.54, 1.807) is 6.08 Å². The summed E-state index contributed by atoms with van der Waals surface area (Å²) in [4.78, 5) is 13.5. The van der Waals surface area contributed by atoms with Crippen molar-refractivity contribution in [3.05, 3.63) is 85.1 Å². The van der Waals surface area contributed by atoms with E-state index >= 15 is 0 Å². The molecule has 3 aliphatic heterocycles. The Morgan fingerprint density at radius 2 is 0.673 bits per heavy atom. The van der Waals surface area contributed by atoms with Gasteiger partial charge in [-0.25, -0.2) is 0 Å². The zero-order chi connectivity index (χ0) is 75.3. The number of carbonyl (C=O) groups is 1. The summed E-state index contributed by atoms with van der Waals surface area (Å²) in [6.07, 6.45) is 60.1. The summed E-state index contributed by atoms with van der Waals surface area (Å²) < 4.78 is 34.5. The first-order chi connectivity index (χ1) is 50.8. The van der Waals surface area contributed by atoms with E-state index in [9.17, 15) is 61.0 Å². The first-order valence-electron chi connectivity index (χ1n) is 41.8. The maximum Gasteiger partial charge on any atom is 0.220 e. The van der Waals surface area contributed by atoms with Crippen LogP contribution in [-0.4, -0.2) is 193 Å². The molecule has 0 bridgehead atoms. The van der Waals surface area contributed by atoms with Crippen molar-refractivity contribution in [1.82, 2.24) is 5.32 Å². The van der Waals surface area contributed by atoms with Crippen LogP contribution in [-0.2, 0) is 33.2 Å². The Labute approximate surface area is 629 Å². The lowest BCUT2D eigenvalue weighted by atomic mass is 9.96. The Morgan fingerprint density at radius 3 is 1.08 bits per heavy atom. The van der Waals surface area contributed by atoms with E-state index in [1.807, 2.05) is 6.08 Å². The van der Waals surface area contributed by atoms with Gasteiger partial charge >= 0.3 is 0 Å². The average molecular weight is 1480 g/mol.